The zero-order valence-electron chi connectivity index (χ0n) is 19.8. The number of anilines is 2. The molecule has 1 aliphatic carbocycles. The molecule has 3 heterocycles. The minimum Gasteiger partial charge on any atom is -0.480 e. The maximum Gasteiger partial charge on any atom is 0.235 e. The van der Waals surface area contributed by atoms with Gasteiger partial charge < -0.3 is 24.7 Å². The standard InChI is InChI=1S/C25H32N6O3/c1-30(14-15-32)18-4-5-20-19(16-18)22(29-24(28-20)25(33)8-3-9-25)31-12-6-17(7-13-31)21-23(34-2)27-11-10-26-21/h4-5,10-11,16-17,32-33H,3,6-9,12-15H2,1-2H3. The average molecular weight is 465 g/mol. The van der Waals surface area contributed by atoms with Crippen LogP contribution in [0.5, 0.6) is 5.88 Å². The van der Waals surface area contributed by atoms with Gasteiger partial charge in [0, 0.05) is 56.1 Å². The largest absolute Gasteiger partial charge is 0.480 e. The normalized spacial score (nSPS) is 18.1. The second-order valence-electron chi connectivity index (χ2n) is 9.31. The molecular formula is C25H32N6O3. The highest BCUT2D eigenvalue weighted by molar-refractivity contribution is 5.92. The van der Waals surface area contributed by atoms with E-state index >= 15 is 0 Å². The van der Waals surface area contributed by atoms with E-state index in [2.05, 4.69) is 20.9 Å². The Labute approximate surface area is 199 Å². The molecule has 9 heteroatoms. The van der Waals surface area contributed by atoms with Crippen molar-refractivity contribution in [1.29, 1.82) is 0 Å². The molecule has 0 radical (unpaired) electrons. The molecule has 1 saturated heterocycles. The molecule has 2 aromatic heterocycles. The molecule has 1 aliphatic heterocycles. The van der Waals surface area contributed by atoms with E-state index in [1.54, 1.807) is 19.5 Å². The summed E-state index contributed by atoms with van der Waals surface area (Å²) in [4.78, 5) is 22.9. The molecular weight excluding hydrogens is 432 g/mol. The summed E-state index contributed by atoms with van der Waals surface area (Å²) in [6.07, 6.45) is 7.58. The molecule has 0 unspecified atom stereocenters. The third kappa shape index (κ3) is 4.14. The highest BCUT2D eigenvalue weighted by atomic mass is 16.5. The van der Waals surface area contributed by atoms with Crippen molar-refractivity contribution < 1.29 is 14.9 Å². The fourth-order valence-electron chi connectivity index (χ4n) is 4.94. The van der Waals surface area contributed by atoms with Gasteiger partial charge >= 0.3 is 0 Å². The summed E-state index contributed by atoms with van der Waals surface area (Å²) in [6, 6.07) is 6.09. The summed E-state index contributed by atoms with van der Waals surface area (Å²) in [7, 11) is 3.59. The Morgan fingerprint density at radius 2 is 1.91 bits per heavy atom. The van der Waals surface area contributed by atoms with Crippen molar-refractivity contribution in [2.45, 2.75) is 43.6 Å². The smallest absolute Gasteiger partial charge is 0.235 e. The van der Waals surface area contributed by atoms with E-state index < -0.39 is 5.60 Å². The molecule has 9 nitrogen and oxygen atoms in total. The van der Waals surface area contributed by atoms with Crippen molar-refractivity contribution in [2.75, 3.05) is 50.2 Å². The number of likely N-dealkylation sites (N-methyl/N-ethyl adjacent to an activating group) is 1. The van der Waals surface area contributed by atoms with Gasteiger partial charge in [0.15, 0.2) is 5.82 Å². The first-order chi connectivity index (χ1) is 16.5. The van der Waals surface area contributed by atoms with E-state index in [0.29, 0.717) is 31.1 Å². The number of fused-ring (bicyclic) bond motifs is 1. The lowest BCUT2D eigenvalue weighted by molar-refractivity contribution is -0.0463. The number of rotatable bonds is 7. The van der Waals surface area contributed by atoms with Crippen LogP contribution in [0.3, 0.4) is 0 Å². The van der Waals surface area contributed by atoms with Crippen molar-refractivity contribution >= 4 is 22.4 Å². The van der Waals surface area contributed by atoms with Crippen LogP contribution in [-0.2, 0) is 5.60 Å². The van der Waals surface area contributed by atoms with Gasteiger partial charge in [-0.2, -0.15) is 0 Å². The van der Waals surface area contributed by atoms with Gasteiger partial charge in [-0.1, -0.05) is 0 Å². The van der Waals surface area contributed by atoms with Crippen LogP contribution in [-0.4, -0.2) is 70.5 Å². The number of aliphatic hydroxyl groups is 2. The lowest BCUT2D eigenvalue weighted by atomic mass is 9.79. The maximum absolute atomic E-state index is 11.0. The molecule has 34 heavy (non-hydrogen) atoms. The van der Waals surface area contributed by atoms with Crippen molar-refractivity contribution in [3.63, 3.8) is 0 Å². The third-order valence-corrected chi connectivity index (χ3v) is 7.20. The van der Waals surface area contributed by atoms with E-state index in [9.17, 15) is 10.2 Å². The van der Waals surface area contributed by atoms with Crippen molar-refractivity contribution in [1.82, 2.24) is 19.9 Å². The third-order valence-electron chi connectivity index (χ3n) is 7.20. The van der Waals surface area contributed by atoms with E-state index in [-0.39, 0.29) is 12.5 Å². The number of ether oxygens (including phenoxy) is 1. The van der Waals surface area contributed by atoms with Gasteiger partial charge in [0.05, 0.1) is 19.2 Å². The Hall–Kier alpha value is -3.04. The number of hydrogen-bond donors (Lipinski definition) is 2. The van der Waals surface area contributed by atoms with Gasteiger partial charge in [-0.25, -0.2) is 15.0 Å². The topological polar surface area (TPSA) is 108 Å². The molecule has 1 aromatic carbocycles. The van der Waals surface area contributed by atoms with Gasteiger partial charge in [0.1, 0.15) is 17.1 Å². The molecule has 1 saturated carbocycles. The Kier molecular flexibility index (Phi) is 6.22. The van der Waals surface area contributed by atoms with E-state index in [0.717, 1.165) is 60.5 Å². The van der Waals surface area contributed by atoms with Gasteiger partial charge in [-0.3, -0.25) is 4.98 Å². The SMILES string of the molecule is COc1nccnc1C1CCN(c2nc(C3(O)CCC3)nc3ccc(N(C)CCO)cc23)CC1. The summed E-state index contributed by atoms with van der Waals surface area (Å²) in [5, 5.41) is 21.3. The summed E-state index contributed by atoms with van der Waals surface area (Å²) in [5.41, 5.74) is 1.81. The molecule has 0 amide bonds. The van der Waals surface area contributed by atoms with Crippen LogP contribution >= 0.6 is 0 Å². The Balaban J connectivity index is 1.49. The quantitative estimate of drug-likeness (QED) is 0.545. The van der Waals surface area contributed by atoms with Gasteiger partial charge in [-0.15, -0.1) is 0 Å². The molecule has 0 atom stereocenters. The predicted molar refractivity (Wildman–Crippen MR) is 130 cm³/mol. The fraction of sp³-hybridized carbons (Fsp3) is 0.520. The predicted octanol–water partition coefficient (Wildman–Crippen LogP) is 2.61. The van der Waals surface area contributed by atoms with Crippen LogP contribution in [0.2, 0.25) is 0 Å². The van der Waals surface area contributed by atoms with Crippen LogP contribution in [0, 0.1) is 0 Å². The molecule has 0 spiro atoms. The maximum atomic E-state index is 11.0. The Morgan fingerprint density at radius 1 is 1.15 bits per heavy atom. The molecule has 2 N–H and O–H groups in total. The van der Waals surface area contributed by atoms with Gasteiger partial charge in [0.25, 0.3) is 0 Å². The van der Waals surface area contributed by atoms with Crippen molar-refractivity contribution in [2.24, 2.45) is 0 Å². The minimum absolute atomic E-state index is 0.0865. The molecule has 0 bridgehead atoms. The molecule has 3 aromatic rings. The van der Waals surface area contributed by atoms with Crippen molar-refractivity contribution in [3.8, 4) is 5.88 Å². The average Bonchev–Trinajstić information content (AvgIpc) is 2.86. The number of aromatic nitrogens is 4. The van der Waals surface area contributed by atoms with Crippen LogP contribution in [0.4, 0.5) is 11.5 Å². The lowest BCUT2D eigenvalue weighted by Crippen LogP contribution is -2.38. The monoisotopic (exact) mass is 464 g/mol. The first kappa shape index (κ1) is 22.7. The Bertz CT molecular complexity index is 1160. The molecule has 2 aliphatic rings. The number of piperidine rings is 1. The fourth-order valence-corrected chi connectivity index (χ4v) is 4.94. The van der Waals surface area contributed by atoms with Gasteiger partial charge in [0.2, 0.25) is 5.88 Å². The highest BCUT2D eigenvalue weighted by Crippen LogP contribution is 2.42. The zero-order chi connectivity index (χ0) is 23.7. The van der Waals surface area contributed by atoms with Crippen molar-refractivity contribution in [3.05, 3.63) is 42.1 Å². The summed E-state index contributed by atoms with van der Waals surface area (Å²) in [6.45, 7) is 2.25. The van der Waals surface area contributed by atoms with Crippen LogP contribution in [0.15, 0.2) is 30.6 Å². The molecule has 5 rings (SSSR count). The van der Waals surface area contributed by atoms with E-state index in [1.165, 1.54) is 0 Å². The van der Waals surface area contributed by atoms with Crippen LogP contribution in [0.1, 0.15) is 49.5 Å². The second kappa shape index (κ2) is 9.31. The van der Waals surface area contributed by atoms with Crippen LogP contribution in [0.25, 0.3) is 10.9 Å². The highest BCUT2D eigenvalue weighted by Gasteiger charge is 2.40. The first-order valence-corrected chi connectivity index (χ1v) is 12.0. The molecule has 180 valence electrons. The number of benzene rings is 1. The zero-order valence-corrected chi connectivity index (χ0v) is 19.8. The number of aliphatic hydroxyl groups excluding tert-OH is 1. The van der Waals surface area contributed by atoms with E-state index in [4.69, 9.17) is 14.7 Å². The lowest BCUT2D eigenvalue weighted by Gasteiger charge is -2.37. The van der Waals surface area contributed by atoms with Gasteiger partial charge in [-0.05, 0) is 50.3 Å². The minimum atomic E-state index is -0.930. The summed E-state index contributed by atoms with van der Waals surface area (Å²) in [5.74, 6) is 2.26. The first-order valence-electron chi connectivity index (χ1n) is 12.0. The summed E-state index contributed by atoms with van der Waals surface area (Å²) >= 11 is 0. The van der Waals surface area contributed by atoms with Crippen LogP contribution < -0.4 is 14.5 Å². The Morgan fingerprint density at radius 3 is 2.59 bits per heavy atom. The number of hydrogen-bond acceptors (Lipinski definition) is 9. The summed E-state index contributed by atoms with van der Waals surface area (Å²) < 4.78 is 5.44. The van der Waals surface area contributed by atoms with E-state index in [1.807, 2.05) is 24.1 Å². The molecule has 2 fully saturated rings. The number of nitrogens with zero attached hydrogens (tertiary/aromatic N) is 6. The number of methoxy groups -OCH3 is 1. The second-order valence-corrected chi connectivity index (χ2v) is 9.31.